The SMILES string of the molecule is C=CCCCCCCCCCCCCCCCCCC[Si](C)(Cl)Cl. The van der Waals surface area contributed by atoms with Gasteiger partial charge in [0.15, 0.2) is 0 Å². The lowest BCUT2D eigenvalue weighted by molar-refractivity contribution is 0.530. The molecule has 0 saturated heterocycles. The Morgan fingerprint density at radius 1 is 0.583 bits per heavy atom. The van der Waals surface area contributed by atoms with Gasteiger partial charge in [-0.25, -0.2) is 0 Å². The molecule has 0 nitrogen and oxygen atoms in total. The van der Waals surface area contributed by atoms with Gasteiger partial charge in [0.25, 0.3) is 0 Å². The Bertz CT molecular complexity index is 261. The largest absolute Gasteiger partial charge is 0.248 e. The van der Waals surface area contributed by atoms with Crippen LogP contribution >= 0.6 is 22.2 Å². The molecule has 0 saturated carbocycles. The van der Waals surface area contributed by atoms with Gasteiger partial charge in [0.2, 0.25) is 6.69 Å². The van der Waals surface area contributed by atoms with Crippen molar-refractivity contribution in [1.29, 1.82) is 0 Å². The lowest BCUT2D eigenvalue weighted by Gasteiger charge is -2.09. The standard InChI is InChI=1S/C21H42Cl2Si/c1-3-4-5-6-7-8-9-10-11-12-13-14-15-16-17-18-19-20-21-24(2,22)23/h3H,1,4-21H2,2H3. The molecule has 0 rings (SSSR count). The van der Waals surface area contributed by atoms with Crippen LogP contribution in [0.3, 0.4) is 0 Å². The summed E-state index contributed by atoms with van der Waals surface area (Å²) in [5.41, 5.74) is 0. The van der Waals surface area contributed by atoms with E-state index < -0.39 is 6.69 Å². The summed E-state index contributed by atoms with van der Waals surface area (Å²) >= 11 is 12.2. The zero-order valence-electron chi connectivity index (χ0n) is 16.3. The fourth-order valence-corrected chi connectivity index (χ4v) is 4.87. The van der Waals surface area contributed by atoms with E-state index in [1.165, 1.54) is 109 Å². The Kier molecular flexibility index (Phi) is 18.7. The molecule has 0 amide bonds. The summed E-state index contributed by atoms with van der Waals surface area (Å²) in [7, 11) is 0. The molecule has 0 unspecified atom stereocenters. The third-order valence-electron chi connectivity index (χ3n) is 4.77. The molecular formula is C21H42Cl2Si. The number of unbranched alkanes of at least 4 members (excludes halogenated alkanes) is 16. The van der Waals surface area contributed by atoms with E-state index in [-0.39, 0.29) is 0 Å². The minimum absolute atomic E-state index is 1.06. The Morgan fingerprint density at radius 3 is 1.17 bits per heavy atom. The third kappa shape index (κ3) is 22.5. The molecular weight excluding hydrogens is 351 g/mol. The fraction of sp³-hybridized carbons (Fsp3) is 0.905. The van der Waals surface area contributed by atoms with Crippen LogP contribution in [0, 0.1) is 0 Å². The van der Waals surface area contributed by atoms with Crippen molar-refractivity contribution < 1.29 is 0 Å². The maximum atomic E-state index is 6.11. The normalized spacial score (nSPS) is 11.8. The highest BCUT2D eigenvalue weighted by molar-refractivity contribution is 7.44. The average Bonchev–Trinajstić information content (AvgIpc) is 2.52. The zero-order chi connectivity index (χ0) is 17.9. The van der Waals surface area contributed by atoms with Crippen molar-refractivity contribution in [3.05, 3.63) is 12.7 Å². The lowest BCUT2D eigenvalue weighted by atomic mass is 10.0. The highest BCUT2D eigenvalue weighted by Gasteiger charge is 2.19. The van der Waals surface area contributed by atoms with E-state index in [9.17, 15) is 0 Å². The molecule has 144 valence electrons. The van der Waals surface area contributed by atoms with E-state index in [0.29, 0.717) is 0 Å². The van der Waals surface area contributed by atoms with Gasteiger partial charge in [0, 0.05) is 0 Å². The topological polar surface area (TPSA) is 0 Å². The number of hydrogen-bond donors (Lipinski definition) is 0. The Balaban J connectivity index is 3.01. The van der Waals surface area contributed by atoms with Crippen LogP contribution in [0.15, 0.2) is 12.7 Å². The molecule has 0 atom stereocenters. The Hall–Kier alpha value is 0.537. The second-order valence-corrected chi connectivity index (χ2v) is 15.8. The summed E-state index contributed by atoms with van der Waals surface area (Å²) in [6, 6.07) is 1.06. The average molecular weight is 394 g/mol. The van der Waals surface area contributed by atoms with E-state index in [1.54, 1.807) is 0 Å². The maximum absolute atomic E-state index is 6.11. The molecule has 0 heterocycles. The van der Waals surface area contributed by atoms with Gasteiger partial charge in [0.1, 0.15) is 0 Å². The van der Waals surface area contributed by atoms with Crippen molar-refractivity contribution in [3.8, 4) is 0 Å². The summed E-state index contributed by atoms with van der Waals surface area (Å²) in [6.45, 7) is 3.97. The summed E-state index contributed by atoms with van der Waals surface area (Å²) in [6.07, 6.45) is 25.7. The van der Waals surface area contributed by atoms with Crippen molar-refractivity contribution in [2.24, 2.45) is 0 Å². The van der Waals surface area contributed by atoms with Crippen LogP contribution < -0.4 is 0 Å². The molecule has 3 heteroatoms. The fourth-order valence-electron chi connectivity index (χ4n) is 3.20. The van der Waals surface area contributed by atoms with E-state index in [0.717, 1.165) is 6.04 Å². The van der Waals surface area contributed by atoms with Crippen molar-refractivity contribution in [2.75, 3.05) is 0 Å². The van der Waals surface area contributed by atoms with E-state index in [1.807, 2.05) is 12.6 Å². The number of hydrogen-bond acceptors (Lipinski definition) is 0. The van der Waals surface area contributed by atoms with Gasteiger partial charge in [-0.15, -0.1) is 28.7 Å². The first-order chi connectivity index (χ1) is 11.6. The van der Waals surface area contributed by atoms with Crippen LogP contribution in [-0.2, 0) is 0 Å². The van der Waals surface area contributed by atoms with Gasteiger partial charge in [-0.2, -0.15) is 0 Å². The molecule has 0 bridgehead atoms. The van der Waals surface area contributed by atoms with E-state index >= 15 is 0 Å². The molecule has 0 aromatic heterocycles. The molecule has 0 radical (unpaired) electrons. The van der Waals surface area contributed by atoms with E-state index in [2.05, 4.69) is 6.58 Å². The summed E-state index contributed by atoms with van der Waals surface area (Å²) < 4.78 is 0. The third-order valence-corrected chi connectivity index (χ3v) is 7.14. The molecule has 0 N–H and O–H groups in total. The Morgan fingerprint density at radius 2 is 0.875 bits per heavy atom. The quantitative estimate of drug-likeness (QED) is 0.0887. The van der Waals surface area contributed by atoms with Crippen molar-refractivity contribution in [1.82, 2.24) is 0 Å². The zero-order valence-corrected chi connectivity index (χ0v) is 18.8. The van der Waals surface area contributed by atoms with Crippen molar-refractivity contribution in [2.45, 2.75) is 122 Å². The number of halogens is 2. The molecule has 0 aliphatic carbocycles. The highest BCUT2D eigenvalue weighted by Crippen LogP contribution is 2.23. The van der Waals surface area contributed by atoms with Crippen LogP contribution in [-0.4, -0.2) is 6.69 Å². The van der Waals surface area contributed by atoms with Gasteiger partial charge in [-0.05, 0) is 25.4 Å². The number of rotatable bonds is 19. The predicted octanol–water partition coefficient (Wildman–Crippen LogP) is 9.35. The second-order valence-electron chi connectivity index (χ2n) is 7.55. The summed E-state index contributed by atoms with van der Waals surface area (Å²) in [5, 5.41) is 0. The molecule has 0 aliphatic heterocycles. The minimum atomic E-state index is -1.83. The first-order valence-electron chi connectivity index (χ1n) is 10.5. The van der Waals surface area contributed by atoms with Gasteiger partial charge in [-0.3, -0.25) is 0 Å². The van der Waals surface area contributed by atoms with Gasteiger partial charge < -0.3 is 0 Å². The molecule has 0 aromatic rings. The van der Waals surface area contributed by atoms with E-state index in [4.69, 9.17) is 22.2 Å². The van der Waals surface area contributed by atoms with Crippen LogP contribution in [0.5, 0.6) is 0 Å². The van der Waals surface area contributed by atoms with Crippen LogP contribution in [0.1, 0.15) is 109 Å². The monoisotopic (exact) mass is 392 g/mol. The second kappa shape index (κ2) is 18.3. The predicted molar refractivity (Wildman–Crippen MR) is 117 cm³/mol. The van der Waals surface area contributed by atoms with Crippen molar-refractivity contribution in [3.63, 3.8) is 0 Å². The van der Waals surface area contributed by atoms with Gasteiger partial charge in [0.05, 0.1) is 0 Å². The van der Waals surface area contributed by atoms with Gasteiger partial charge >= 0.3 is 0 Å². The summed E-state index contributed by atoms with van der Waals surface area (Å²) in [5.74, 6) is 0. The van der Waals surface area contributed by atoms with Crippen LogP contribution in [0.4, 0.5) is 0 Å². The highest BCUT2D eigenvalue weighted by atomic mass is 35.7. The van der Waals surface area contributed by atoms with Crippen LogP contribution in [0.25, 0.3) is 0 Å². The molecule has 0 fully saturated rings. The molecule has 0 aromatic carbocycles. The minimum Gasteiger partial charge on any atom is -0.146 e. The molecule has 0 spiro atoms. The van der Waals surface area contributed by atoms with Crippen LogP contribution in [0.2, 0.25) is 12.6 Å². The smallest absolute Gasteiger partial charge is 0.146 e. The van der Waals surface area contributed by atoms with Gasteiger partial charge in [-0.1, -0.05) is 102 Å². The first kappa shape index (κ1) is 24.5. The molecule has 0 aliphatic rings. The lowest BCUT2D eigenvalue weighted by Crippen LogP contribution is -2.11. The van der Waals surface area contributed by atoms with Crippen molar-refractivity contribution >= 4 is 28.9 Å². The first-order valence-corrected chi connectivity index (χ1v) is 15.3. The summed E-state index contributed by atoms with van der Waals surface area (Å²) in [4.78, 5) is 0. The molecule has 24 heavy (non-hydrogen) atoms. The number of allylic oxidation sites excluding steroid dienone is 1. The Labute approximate surface area is 163 Å². The maximum Gasteiger partial charge on any atom is 0.248 e.